The van der Waals surface area contributed by atoms with Crippen LogP contribution in [0.4, 0.5) is 0 Å². The van der Waals surface area contributed by atoms with Crippen molar-refractivity contribution in [3.8, 4) is 0 Å². The molecule has 1 amide bonds. The molecule has 0 bridgehead atoms. The van der Waals surface area contributed by atoms with Gasteiger partial charge in [-0.15, -0.1) is 11.3 Å². The zero-order valence-electron chi connectivity index (χ0n) is 12.6. The van der Waals surface area contributed by atoms with E-state index in [-0.39, 0.29) is 11.5 Å². The van der Waals surface area contributed by atoms with Crippen LogP contribution in [-0.2, 0) is 19.4 Å². The quantitative estimate of drug-likeness (QED) is 0.801. The van der Waals surface area contributed by atoms with Gasteiger partial charge in [-0.05, 0) is 27.2 Å². The van der Waals surface area contributed by atoms with Gasteiger partial charge in [-0.25, -0.2) is 18.2 Å². The molecule has 0 unspecified atom stereocenters. The van der Waals surface area contributed by atoms with Gasteiger partial charge in [0.2, 0.25) is 0 Å². The van der Waals surface area contributed by atoms with E-state index < -0.39 is 33.9 Å². The van der Waals surface area contributed by atoms with Crippen molar-refractivity contribution in [2.75, 3.05) is 11.5 Å². The molecule has 122 valence electrons. The van der Waals surface area contributed by atoms with Gasteiger partial charge in [0, 0.05) is 6.04 Å². The highest BCUT2D eigenvalue weighted by molar-refractivity contribution is 7.91. The third-order valence-electron chi connectivity index (χ3n) is 3.32. The summed E-state index contributed by atoms with van der Waals surface area (Å²) in [6.45, 7) is 4.94. The Kier molecular flexibility index (Phi) is 4.86. The van der Waals surface area contributed by atoms with Gasteiger partial charge < -0.3 is 10.1 Å². The Morgan fingerprint density at radius 1 is 1.41 bits per heavy atom. The van der Waals surface area contributed by atoms with Crippen LogP contribution in [0.1, 0.15) is 33.7 Å². The van der Waals surface area contributed by atoms with Gasteiger partial charge in [-0.2, -0.15) is 0 Å². The molecular weight excluding hydrogens is 328 g/mol. The van der Waals surface area contributed by atoms with Gasteiger partial charge in [0.05, 0.1) is 22.2 Å². The van der Waals surface area contributed by atoms with Crippen molar-refractivity contribution >= 4 is 33.1 Å². The van der Waals surface area contributed by atoms with E-state index in [0.29, 0.717) is 17.0 Å². The molecule has 0 spiro atoms. The Hall–Kier alpha value is -1.48. The predicted molar refractivity (Wildman–Crippen MR) is 81.7 cm³/mol. The van der Waals surface area contributed by atoms with Crippen molar-refractivity contribution in [1.82, 2.24) is 10.3 Å². The number of sulfone groups is 1. The van der Waals surface area contributed by atoms with E-state index in [0.717, 1.165) is 5.01 Å². The van der Waals surface area contributed by atoms with Crippen molar-refractivity contribution in [2.45, 2.75) is 39.3 Å². The highest BCUT2D eigenvalue weighted by Gasteiger charge is 2.31. The van der Waals surface area contributed by atoms with Crippen molar-refractivity contribution in [2.24, 2.45) is 0 Å². The molecule has 7 nitrogen and oxygen atoms in total. The molecule has 0 aromatic carbocycles. The largest absolute Gasteiger partial charge is 0.448 e. The summed E-state index contributed by atoms with van der Waals surface area (Å²) in [6.07, 6.45) is -0.598. The lowest BCUT2D eigenvalue weighted by molar-refractivity contribution is -0.129. The number of carbonyl (C=O) groups excluding carboxylic acids is 2. The van der Waals surface area contributed by atoms with E-state index in [1.54, 1.807) is 13.8 Å². The number of nitrogens with zero attached hydrogens (tertiary/aromatic N) is 1. The average Bonchev–Trinajstić information content (AvgIpc) is 2.91. The fourth-order valence-electron chi connectivity index (χ4n) is 2.22. The number of hydrogen-bond donors (Lipinski definition) is 1. The predicted octanol–water partition coefficient (Wildman–Crippen LogP) is 0.609. The number of amides is 1. The minimum absolute atomic E-state index is 0.0629. The molecule has 0 aliphatic carbocycles. The first-order valence-electron chi connectivity index (χ1n) is 6.84. The van der Waals surface area contributed by atoms with Gasteiger partial charge >= 0.3 is 5.97 Å². The number of aromatic nitrogens is 1. The van der Waals surface area contributed by atoms with Gasteiger partial charge in [0.1, 0.15) is 4.88 Å². The van der Waals surface area contributed by atoms with Crippen molar-refractivity contribution in [1.29, 1.82) is 0 Å². The number of rotatable bonds is 4. The lowest BCUT2D eigenvalue weighted by atomic mass is 10.2. The number of carbonyl (C=O) groups is 2. The highest BCUT2D eigenvalue weighted by atomic mass is 32.2. The Labute approximate surface area is 133 Å². The van der Waals surface area contributed by atoms with E-state index in [1.807, 2.05) is 0 Å². The summed E-state index contributed by atoms with van der Waals surface area (Å²) in [5, 5.41) is 3.35. The first-order chi connectivity index (χ1) is 10.2. The van der Waals surface area contributed by atoms with Crippen LogP contribution < -0.4 is 5.32 Å². The third-order valence-corrected chi connectivity index (χ3v) is 6.14. The minimum atomic E-state index is -3.06. The number of ether oxygens (including phenoxy) is 1. The third kappa shape index (κ3) is 4.04. The van der Waals surface area contributed by atoms with Crippen molar-refractivity contribution in [3.05, 3.63) is 15.6 Å². The van der Waals surface area contributed by atoms with E-state index in [1.165, 1.54) is 18.3 Å². The zero-order valence-corrected chi connectivity index (χ0v) is 14.2. The standard InChI is InChI=1S/C13H18N2O5S2/c1-7-11(21-9(3)14-7)13(17)20-8(2)12(16)15-10-4-5-22(18,19)6-10/h8,10H,4-6H2,1-3H3,(H,15,16)/t8-,10-/m1/s1. The molecule has 22 heavy (non-hydrogen) atoms. The summed E-state index contributed by atoms with van der Waals surface area (Å²) in [6, 6.07) is -0.411. The van der Waals surface area contributed by atoms with E-state index in [4.69, 9.17) is 4.74 Å². The lowest BCUT2D eigenvalue weighted by Crippen LogP contribution is -2.42. The molecule has 0 radical (unpaired) electrons. The second-order valence-corrected chi connectivity index (χ2v) is 8.74. The molecule has 2 atom stereocenters. The van der Waals surface area contributed by atoms with Gasteiger partial charge in [0.25, 0.3) is 5.91 Å². The van der Waals surface area contributed by atoms with Crippen molar-refractivity contribution < 1.29 is 22.7 Å². The number of hydrogen-bond acceptors (Lipinski definition) is 7. The van der Waals surface area contributed by atoms with Crippen LogP contribution in [0.5, 0.6) is 0 Å². The Morgan fingerprint density at radius 2 is 2.09 bits per heavy atom. The van der Waals surface area contributed by atoms with Gasteiger partial charge in [0.15, 0.2) is 15.9 Å². The molecule has 9 heteroatoms. The molecule has 0 saturated carbocycles. The smallest absolute Gasteiger partial charge is 0.351 e. The highest BCUT2D eigenvalue weighted by Crippen LogP contribution is 2.19. The van der Waals surface area contributed by atoms with E-state index in [9.17, 15) is 18.0 Å². The molecule has 1 aromatic heterocycles. The molecular formula is C13H18N2O5S2. The van der Waals surface area contributed by atoms with Crippen LogP contribution in [0.3, 0.4) is 0 Å². The monoisotopic (exact) mass is 346 g/mol. The van der Waals surface area contributed by atoms with Gasteiger partial charge in [-0.1, -0.05) is 0 Å². The summed E-state index contributed by atoms with van der Waals surface area (Å²) >= 11 is 1.21. The topological polar surface area (TPSA) is 102 Å². The summed E-state index contributed by atoms with van der Waals surface area (Å²) in [5.74, 6) is -1.07. The number of aryl methyl sites for hydroxylation is 2. The lowest BCUT2D eigenvalue weighted by Gasteiger charge is -2.16. The van der Waals surface area contributed by atoms with E-state index in [2.05, 4.69) is 10.3 Å². The zero-order chi connectivity index (χ0) is 16.5. The summed E-state index contributed by atoms with van der Waals surface area (Å²) in [7, 11) is -3.06. The Morgan fingerprint density at radius 3 is 2.59 bits per heavy atom. The maximum Gasteiger partial charge on any atom is 0.351 e. The van der Waals surface area contributed by atoms with Crippen LogP contribution in [0.25, 0.3) is 0 Å². The normalized spacial score (nSPS) is 21.3. The Balaban J connectivity index is 1.91. The summed E-state index contributed by atoms with van der Waals surface area (Å²) in [5.41, 5.74) is 0.571. The van der Waals surface area contributed by atoms with Crippen LogP contribution in [0.15, 0.2) is 0 Å². The van der Waals surface area contributed by atoms with Crippen LogP contribution >= 0.6 is 11.3 Å². The maximum atomic E-state index is 12.0. The second-order valence-electron chi connectivity index (χ2n) is 5.30. The molecule has 1 aliphatic heterocycles. The molecule has 2 rings (SSSR count). The second kappa shape index (κ2) is 6.33. The van der Waals surface area contributed by atoms with Crippen LogP contribution in [-0.4, -0.2) is 48.9 Å². The number of thiazole rings is 1. The first-order valence-corrected chi connectivity index (χ1v) is 9.47. The van der Waals surface area contributed by atoms with Crippen LogP contribution in [0, 0.1) is 13.8 Å². The van der Waals surface area contributed by atoms with Gasteiger partial charge in [-0.3, -0.25) is 4.79 Å². The fourth-order valence-corrected chi connectivity index (χ4v) is 4.69. The molecule has 1 N–H and O–H groups in total. The Bertz CT molecular complexity index is 695. The first kappa shape index (κ1) is 16.9. The summed E-state index contributed by atoms with van der Waals surface area (Å²) < 4.78 is 27.8. The molecule has 1 aliphatic rings. The molecule has 2 heterocycles. The van der Waals surface area contributed by atoms with E-state index >= 15 is 0 Å². The summed E-state index contributed by atoms with van der Waals surface area (Å²) in [4.78, 5) is 28.5. The molecule has 1 aromatic rings. The number of esters is 1. The fraction of sp³-hybridized carbons (Fsp3) is 0.615. The SMILES string of the molecule is Cc1nc(C)c(C(=O)O[C@H](C)C(=O)N[C@@H]2CCS(=O)(=O)C2)s1. The van der Waals surface area contributed by atoms with Crippen LogP contribution in [0.2, 0.25) is 0 Å². The molecule has 1 saturated heterocycles. The molecule has 1 fully saturated rings. The minimum Gasteiger partial charge on any atom is -0.448 e. The maximum absolute atomic E-state index is 12.0. The number of nitrogens with one attached hydrogen (secondary N) is 1. The average molecular weight is 346 g/mol. The van der Waals surface area contributed by atoms with Crippen molar-refractivity contribution in [3.63, 3.8) is 0 Å².